The third-order valence-corrected chi connectivity index (χ3v) is 7.28. The molecule has 8 heteroatoms. The van der Waals surface area contributed by atoms with Gasteiger partial charge in [-0.2, -0.15) is 5.10 Å². The number of rotatable bonds is 4. The zero-order valence-electron chi connectivity index (χ0n) is 21.6. The zero-order chi connectivity index (χ0) is 25.9. The summed E-state index contributed by atoms with van der Waals surface area (Å²) in [5.74, 6) is 1.61. The number of anilines is 4. The SMILES string of the molecule is CNc1nn(C)c2cc(-c3c(C)ccc4c(Nc5ccc6c(c5)NC(=O)CC6(C)C)ncnc34)ccc12. The summed E-state index contributed by atoms with van der Waals surface area (Å²) in [5, 5.41) is 16.2. The second-order valence-electron chi connectivity index (χ2n) is 10.3. The minimum Gasteiger partial charge on any atom is -0.371 e. The third kappa shape index (κ3) is 3.76. The van der Waals surface area contributed by atoms with Crippen LogP contribution in [-0.4, -0.2) is 32.7 Å². The Bertz CT molecular complexity index is 1720. The molecule has 0 atom stereocenters. The van der Waals surface area contributed by atoms with Crippen molar-refractivity contribution in [3.05, 3.63) is 66.0 Å². The fourth-order valence-electron chi connectivity index (χ4n) is 5.44. The van der Waals surface area contributed by atoms with Crippen LogP contribution < -0.4 is 16.0 Å². The van der Waals surface area contributed by atoms with Crippen LogP contribution in [0.3, 0.4) is 0 Å². The van der Waals surface area contributed by atoms with E-state index in [9.17, 15) is 4.79 Å². The van der Waals surface area contributed by atoms with Crippen LogP contribution >= 0.6 is 0 Å². The van der Waals surface area contributed by atoms with Gasteiger partial charge in [-0.05, 0) is 53.9 Å². The number of aromatic nitrogens is 4. The average Bonchev–Trinajstić information content (AvgIpc) is 3.18. The van der Waals surface area contributed by atoms with Gasteiger partial charge in [0.2, 0.25) is 5.91 Å². The minimum atomic E-state index is -0.201. The van der Waals surface area contributed by atoms with Crippen molar-refractivity contribution in [2.24, 2.45) is 7.05 Å². The summed E-state index contributed by atoms with van der Waals surface area (Å²) in [6.45, 7) is 6.30. The predicted octanol–water partition coefficient (Wildman–Crippen LogP) is 5.90. The molecule has 3 aromatic carbocycles. The van der Waals surface area contributed by atoms with E-state index in [1.807, 2.05) is 30.9 Å². The first kappa shape index (κ1) is 23.0. The van der Waals surface area contributed by atoms with Gasteiger partial charge in [0.25, 0.3) is 0 Å². The van der Waals surface area contributed by atoms with Gasteiger partial charge in [-0.1, -0.05) is 32.0 Å². The van der Waals surface area contributed by atoms with E-state index in [0.717, 1.165) is 61.3 Å². The summed E-state index contributed by atoms with van der Waals surface area (Å²) >= 11 is 0. The summed E-state index contributed by atoms with van der Waals surface area (Å²) in [5.41, 5.74) is 7.82. The van der Waals surface area contributed by atoms with E-state index in [-0.39, 0.29) is 11.3 Å². The van der Waals surface area contributed by atoms with Crippen LogP contribution in [0.2, 0.25) is 0 Å². The molecule has 2 aromatic heterocycles. The number of nitrogens with zero attached hydrogens (tertiary/aromatic N) is 4. The normalized spacial score (nSPS) is 14.5. The molecule has 0 unspecified atom stereocenters. The number of hydrogen-bond donors (Lipinski definition) is 3. The van der Waals surface area contributed by atoms with E-state index in [1.165, 1.54) is 0 Å². The Kier molecular flexibility index (Phi) is 5.15. The number of amides is 1. The fraction of sp³-hybridized carbons (Fsp3) is 0.241. The van der Waals surface area contributed by atoms with Crippen LogP contribution in [-0.2, 0) is 17.3 Å². The fourth-order valence-corrected chi connectivity index (χ4v) is 5.44. The number of carbonyl (C=O) groups excluding carboxylic acids is 1. The largest absolute Gasteiger partial charge is 0.371 e. The molecule has 3 N–H and O–H groups in total. The average molecular weight is 492 g/mol. The van der Waals surface area contributed by atoms with Gasteiger partial charge in [0.05, 0.1) is 11.0 Å². The molecule has 37 heavy (non-hydrogen) atoms. The van der Waals surface area contributed by atoms with Crippen LogP contribution in [0.25, 0.3) is 32.9 Å². The zero-order valence-corrected chi connectivity index (χ0v) is 21.6. The first-order valence-corrected chi connectivity index (χ1v) is 12.4. The van der Waals surface area contributed by atoms with Crippen molar-refractivity contribution in [1.29, 1.82) is 0 Å². The topological polar surface area (TPSA) is 96.8 Å². The molecular formula is C29H29N7O. The van der Waals surface area contributed by atoms with Crippen molar-refractivity contribution in [2.75, 3.05) is 23.0 Å². The molecule has 0 bridgehead atoms. The summed E-state index contributed by atoms with van der Waals surface area (Å²) in [6, 6.07) is 16.6. The maximum atomic E-state index is 12.3. The smallest absolute Gasteiger partial charge is 0.225 e. The molecule has 186 valence electrons. The van der Waals surface area contributed by atoms with Gasteiger partial charge in [-0.15, -0.1) is 0 Å². The lowest BCUT2D eigenvalue weighted by molar-refractivity contribution is -0.117. The summed E-state index contributed by atoms with van der Waals surface area (Å²) in [4.78, 5) is 21.5. The summed E-state index contributed by atoms with van der Waals surface area (Å²) in [6.07, 6.45) is 2.07. The molecule has 8 nitrogen and oxygen atoms in total. The number of aryl methyl sites for hydroxylation is 2. The van der Waals surface area contributed by atoms with Gasteiger partial charge < -0.3 is 16.0 Å². The molecule has 0 aliphatic carbocycles. The molecule has 0 saturated carbocycles. The highest BCUT2D eigenvalue weighted by molar-refractivity contribution is 6.03. The van der Waals surface area contributed by atoms with E-state index in [4.69, 9.17) is 4.98 Å². The number of carbonyl (C=O) groups is 1. The number of hydrogen-bond acceptors (Lipinski definition) is 6. The van der Waals surface area contributed by atoms with E-state index >= 15 is 0 Å². The minimum absolute atomic E-state index is 0.0366. The highest BCUT2D eigenvalue weighted by Crippen LogP contribution is 2.40. The maximum Gasteiger partial charge on any atom is 0.225 e. The number of nitrogens with one attached hydrogen (secondary N) is 3. The molecular weight excluding hydrogens is 462 g/mol. The van der Waals surface area contributed by atoms with E-state index in [1.54, 1.807) is 6.33 Å². The molecule has 1 amide bonds. The van der Waals surface area contributed by atoms with Crippen LogP contribution in [0.4, 0.5) is 23.0 Å². The Morgan fingerprint density at radius 1 is 1.00 bits per heavy atom. The molecule has 1 aliphatic heterocycles. The van der Waals surface area contributed by atoms with Crippen LogP contribution in [0.15, 0.2) is 54.9 Å². The van der Waals surface area contributed by atoms with Crippen molar-refractivity contribution in [3.63, 3.8) is 0 Å². The van der Waals surface area contributed by atoms with E-state index in [0.29, 0.717) is 12.2 Å². The second kappa shape index (κ2) is 8.30. The lowest BCUT2D eigenvalue weighted by atomic mass is 9.78. The molecule has 0 fully saturated rings. The molecule has 3 heterocycles. The Morgan fingerprint density at radius 3 is 2.62 bits per heavy atom. The Labute approximate surface area is 215 Å². The molecule has 0 radical (unpaired) electrons. The summed E-state index contributed by atoms with van der Waals surface area (Å²) in [7, 11) is 3.84. The molecule has 0 spiro atoms. The highest BCUT2D eigenvalue weighted by atomic mass is 16.1. The molecule has 0 saturated heterocycles. The molecule has 5 aromatic rings. The van der Waals surface area contributed by atoms with Crippen LogP contribution in [0.1, 0.15) is 31.4 Å². The van der Waals surface area contributed by atoms with E-state index in [2.05, 4.69) is 83.2 Å². The Morgan fingerprint density at radius 2 is 1.81 bits per heavy atom. The second-order valence-corrected chi connectivity index (χ2v) is 10.3. The molecule has 1 aliphatic rings. The van der Waals surface area contributed by atoms with Crippen molar-refractivity contribution in [2.45, 2.75) is 32.6 Å². The lowest BCUT2D eigenvalue weighted by Gasteiger charge is -2.32. The first-order valence-electron chi connectivity index (χ1n) is 12.4. The lowest BCUT2D eigenvalue weighted by Crippen LogP contribution is -2.32. The molecule has 6 rings (SSSR count). The van der Waals surface area contributed by atoms with Gasteiger partial charge in [-0.25, -0.2) is 9.97 Å². The van der Waals surface area contributed by atoms with Gasteiger partial charge in [0.15, 0.2) is 5.82 Å². The van der Waals surface area contributed by atoms with Crippen LogP contribution in [0, 0.1) is 6.92 Å². The quantitative estimate of drug-likeness (QED) is 0.290. The monoisotopic (exact) mass is 491 g/mol. The van der Waals surface area contributed by atoms with Gasteiger partial charge in [0, 0.05) is 53.6 Å². The predicted molar refractivity (Wildman–Crippen MR) is 150 cm³/mol. The van der Waals surface area contributed by atoms with Crippen molar-refractivity contribution < 1.29 is 4.79 Å². The van der Waals surface area contributed by atoms with Crippen LogP contribution in [0.5, 0.6) is 0 Å². The highest BCUT2D eigenvalue weighted by Gasteiger charge is 2.31. The Balaban J connectivity index is 1.44. The van der Waals surface area contributed by atoms with E-state index < -0.39 is 0 Å². The number of fused-ring (bicyclic) bond motifs is 3. The van der Waals surface area contributed by atoms with Crippen molar-refractivity contribution >= 4 is 50.7 Å². The van der Waals surface area contributed by atoms with Gasteiger partial charge in [0.1, 0.15) is 12.1 Å². The Hall–Kier alpha value is -4.46. The van der Waals surface area contributed by atoms with Crippen molar-refractivity contribution in [3.8, 4) is 11.1 Å². The first-order chi connectivity index (χ1) is 17.7. The number of benzene rings is 3. The third-order valence-electron chi connectivity index (χ3n) is 7.28. The standard InChI is InChI=1S/C29H29N7O/c1-16-6-9-20-26(25(16)17-7-10-19-23(12-17)36(5)35-27(19)30-4)31-15-32-28(20)33-18-8-11-21-22(13-18)34-24(37)14-29(21,2)3/h6-13,15H,14H2,1-5H3,(H,30,35)(H,34,37)(H,31,32,33). The summed E-state index contributed by atoms with van der Waals surface area (Å²) < 4.78 is 1.89. The van der Waals surface area contributed by atoms with Crippen molar-refractivity contribution in [1.82, 2.24) is 19.7 Å². The van der Waals surface area contributed by atoms with Gasteiger partial charge >= 0.3 is 0 Å². The maximum absolute atomic E-state index is 12.3. The van der Waals surface area contributed by atoms with Gasteiger partial charge in [-0.3, -0.25) is 9.48 Å².